The molecule has 1 aliphatic heterocycles. The zero-order valence-electron chi connectivity index (χ0n) is 18.0. The standard InChI is InChI=1S/C27H29ClN2O/c1-20-17-25(28)11-12-26(20)29-27(31)24-9-7-23(8-10-24)19-30-15-13-22(14-16-30)18-21-5-3-2-4-6-21/h2-12,17,22H,13-16,18-19H2,1H3,(H,29,31). The van der Waals surface area contributed by atoms with Crippen molar-refractivity contribution in [2.45, 2.75) is 32.7 Å². The minimum Gasteiger partial charge on any atom is -0.322 e. The number of halogens is 1. The molecule has 4 rings (SSSR count). The number of piperidine rings is 1. The van der Waals surface area contributed by atoms with Gasteiger partial charge < -0.3 is 5.32 Å². The maximum absolute atomic E-state index is 12.6. The molecule has 4 heteroatoms. The molecule has 1 fully saturated rings. The van der Waals surface area contributed by atoms with Gasteiger partial charge in [0.1, 0.15) is 0 Å². The van der Waals surface area contributed by atoms with Gasteiger partial charge in [0, 0.05) is 22.8 Å². The summed E-state index contributed by atoms with van der Waals surface area (Å²) in [6.07, 6.45) is 3.68. The van der Waals surface area contributed by atoms with Gasteiger partial charge in [-0.15, -0.1) is 0 Å². The van der Waals surface area contributed by atoms with Gasteiger partial charge >= 0.3 is 0 Å². The van der Waals surface area contributed by atoms with Crippen molar-refractivity contribution in [2.24, 2.45) is 5.92 Å². The van der Waals surface area contributed by atoms with E-state index in [0.717, 1.165) is 36.8 Å². The van der Waals surface area contributed by atoms with Gasteiger partial charge in [0.25, 0.3) is 5.91 Å². The summed E-state index contributed by atoms with van der Waals surface area (Å²) in [6.45, 7) is 5.15. The van der Waals surface area contributed by atoms with Crippen molar-refractivity contribution in [3.05, 3.63) is 100 Å². The molecule has 1 N–H and O–H groups in total. The fourth-order valence-electron chi connectivity index (χ4n) is 4.28. The highest BCUT2D eigenvalue weighted by atomic mass is 35.5. The van der Waals surface area contributed by atoms with Crippen LogP contribution >= 0.6 is 11.6 Å². The minimum absolute atomic E-state index is 0.0984. The summed E-state index contributed by atoms with van der Waals surface area (Å²) < 4.78 is 0. The highest BCUT2D eigenvalue weighted by Crippen LogP contribution is 2.23. The van der Waals surface area contributed by atoms with Gasteiger partial charge in [-0.25, -0.2) is 0 Å². The van der Waals surface area contributed by atoms with Crippen LogP contribution in [0.4, 0.5) is 5.69 Å². The van der Waals surface area contributed by atoms with Crippen molar-refractivity contribution in [1.29, 1.82) is 0 Å². The summed E-state index contributed by atoms with van der Waals surface area (Å²) in [5.74, 6) is 0.680. The average molecular weight is 433 g/mol. The van der Waals surface area contributed by atoms with E-state index in [1.54, 1.807) is 6.07 Å². The summed E-state index contributed by atoms with van der Waals surface area (Å²) >= 11 is 6.00. The van der Waals surface area contributed by atoms with E-state index >= 15 is 0 Å². The summed E-state index contributed by atoms with van der Waals surface area (Å²) in [5, 5.41) is 3.64. The molecule has 0 spiro atoms. The molecule has 0 aliphatic carbocycles. The van der Waals surface area contributed by atoms with Crippen molar-refractivity contribution in [3.63, 3.8) is 0 Å². The first-order valence-electron chi connectivity index (χ1n) is 11.0. The molecule has 3 aromatic carbocycles. The second-order valence-electron chi connectivity index (χ2n) is 8.52. The number of benzene rings is 3. The Bertz CT molecular complexity index is 1010. The van der Waals surface area contributed by atoms with E-state index < -0.39 is 0 Å². The lowest BCUT2D eigenvalue weighted by molar-refractivity contribution is 0.102. The van der Waals surface area contributed by atoms with Gasteiger partial charge in [-0.1, -0.05) is 54.1 Å². The Morgan fingerprint density at radius 3 is 2.35 bits per heavy atom. The van der Waals surface area contributed by atoms with E-state index in [1.165, 1.54) is 30.4 Å². The van der Waals surface area contributed by atoms with Crippen LogP contribution in [0.1, 0.15) is 39.9 Å². The first-order valence-corrected chi connectivity index (χ1v) is 11.4. The molecule has 1 saturated heterocycles. The second kappa shape index (κ2) is 10.1. The van der Waals surface area contributed by atoms with Crippen molar-refractivity contribution in [3.8, 4) is 0 Å². The van der Waals surface area contributed by atoms with Crippen LogP contribution in [0.5, 0.6) is 0 Å². The monoisotopic (exact) mass is 432 g/mol. The number of carbonyl (C=O) groups is 1. The second-order valence-corrected chi connectivity index (χ2v) is 8.96. The predicted molar refractivity (Wildman–Crippen MR) is 129 cm³/mol. The summed E-state index contributed by atoms with van der Waals surface area (Å²) in [6, 6.07) is 24.3. The lowest BCUT2D eigenvalue weighted by atomic mass is 9.90. The quantitative estimate of drug-likeness (QED) is 0.491. The number of rotatable bonds is 6. The average Bonchev–Trinajstić information content (AvgIpc) is 2.78. The molecular weight excluding hydrogens is 404 g/mol. The first kappa shape index (κ1) is 21.6. The Hall–Kier alpha value is -2.62. The Kier molecular flexibility index (Phi) is 7.06. The van der Waals surface area contributed by atoms with Crippen molar-refractivity contribution in [2.75, 3.05) is 18.4 Å². The van der Waals surface area contributed by atoms with Gasteiger partial charge in [-0.2, -0.15) is 0 Å². The van der Waals surface area contributed by atoms with Crippen LogP contribution in [0.2, 0.25) is 5.02 Å². The smallest absolute Gasteiger partial charge is 0.255 e. The van der Waals surface area contributed by atoms with E-state index in [2.05, 4.69) is 52.7 Å². The fraction of sp³-hybridized carbons (Fsp3) is 0.296. The van der Waals surface area contributed by atoms with Gasteiger partial charge in [0.2, 0.25) is 0 Å². The lowest BCUT2D eigenvalue weighted by Crippen LogP contribution is -2.33. The van der Waals surface area contributed by atoms with E-state index in [4.69, 9.17) is 11.6 Å². The summed E-state index contributed by atoms with van der Waals surface area (Å²) in [5.41, 5.74) is 5.11. The third kappa shape index (κ3) is 5.96. The van der Waals surface area contributed by atoms with Crippen LogP contribution < -0.4 is 5.32 Å². The first-order chi connectivity index (χ1) is 15.1. The number of amides is 1. The van der Waals surface area contributed by atoms with E-state index in [-0.39, 0.29) is 5.91 Å². The zero-order chi connectivity index (χ0) is 21.6. The number of carbonyl (C=O) groups excluding carboxylic acids is 1. The minimum atomic E-state index is -0.0984. The molecule has 0 unspecified atom stereocenters. The van der Waals surface area contributed by atoms with Crippen molar-refractivity contribution in [1.82, 2.24) is 4.90 Å². The van der Waals surface area contributed by atoms with Crippen LogP contribution in [-0.4, -0.2) is 23.9 Å². The highest BCUT2D eigenvalue weighted by Gasteiger charge is 2.19. The normalized spacial score (nSPS) is 15.0. The lowest BCUT2D eigenvalue weighted by Gasteiger charge is -2.32. The molecular formula is C27H29ClN2O. The number of hydrogen-bond donors (Lipinski definition) is 1. The summed E-state index contributed by atoms with van der Waals surface area (Å²) in [4.78, 5) is 15.1. The van der Waals surface area contributed by atoms with Crippen LogP contribution in [0, 0.1) is 12.8 Å². The number of nitrogens with zero attached hydrogens (tertiary/aromatic N) is 1. The third-order valence-electron chi connectivity index (χ3n) is 6.13. The van der Waals surface area contributed by atoms with Crippen LogP contribution in [0.15, 0.2) is 72.8 Å². The number of aryl methyl sites for hydroxylation is 1. The molecule has 1 aliphatic rings. The molecule has 0 aromatic heterocycles. The molecule has 0 bridgehead atoms. The van der Waals surface area contributed by atoms with Crippen LogP contribution in [-0.2, 0) is 13.0 Å². The number of hydrogen-bond acceptors (Lipinski definition) is 2. The molecule has 31 heavy (non-hydrogen) atoms. The Balaban J connectivity index is 1.27. The molecule has 1 heterocycles. The molecule has 3 nitrogen and oxygen atoms in total. The molecule has 3 aromatic rings. The summed E-state index contributed by atoms with van der Waals surface area (Å²) in [7, 11) is 0. The van der Waals surface area contributed by atoms with Crippen LogP contribution in [0.3, 0.4) is 0 Å². The maximum atomic E-state index is 12.6. The molecule has 1 amide bonds. The topological polar surface area (TPSA) is 32.3 Å². The van der Waals surface area contributed by atoms with E-state index in [1.807, 2.05) is 31.2 Å². The van der Waals surface area contributed by atoms with E-state index in [9.17, 15) is 4.79 Å². The number of likely N-dealkylation sites (tertiary alicyclic amines) is 1. The van der Waals surface area contributed by atoms with Gasteiger partial charge in [0.15, 0.2) is 0 Å². The Morgan fingerprint density at radius 2 is 1.68 bits per heavy atom. The Morgan fingerprint density at radius 1 is 0.968 bits per heavy atom. The molecule has 0 atom stereocenters. The van der Waals surface area contributed by atoms with Crippen molar-refractivity contribution >= 4 is 23.2 Å². The van der Waals surface area contributed by atoms with E-state index in [0.29, 0.717) is 10.6 Å². The fourth-order valence-corrected chi connectivity index (χ4v) is 4.50. The predicted octanol–water partition coefficient (Wildman–Crippen LogP) is 6.36. The van der Waals surface area contributed by atoms with Gasteiger partial charge in [0.05, 0.1) is 0 Å². The Labute approximate surface area is 190 Å². The highest BCUT2D eigenvalue weighted by molar-refractivity contribution is 6.30. The number of nitrogens with one attached hydrogen (secondary N) is 1. The van der Waals surface area contributed by atoms with Crippen LogP contribution in [0.25, 0.3) is 0 Å². The van der Waals surface area contributed by atoms with Gasteiger partial charge in [-0.05, 0) is 92.2 Å². The SMILES string of the molecule is Cc1cc(Cl)ccc1NC(=O)c1ccc(CN2CCC(Cc3ccccc3)CC2)cc1. The largest absolute Gasteiger partial charge is 0.322 e. The number of anilines is 1. The molecule has 0 saturated carbocycles. The maximum Gasteiger partial charge on any atom is 0.255 e. The molecule has 160 valence electrons. The third-order valence-corrected chi connectivity index (χ3v) is 6.37. The molecule has 0 radical (unpaired) electrons. The van der Waals surface area contributed by atoms with Gasteiger partial charge in [-0.3, -0.25) is 9.69 Å². The van der Waals surface area contributed by atoms with Crippen molar-refractivity contribution < 1.29 is 4.79 Å². The zero-order valence-corrected chi connectivity index (χ0v) is 18.7.